The first-order valence-electron chi connectivity index (χ1n) is 6.64. The maximum atomic E-state index is 10.2. The zero-order valence-corrected chi connectivity index (χ0v) is 12.2. The van der Waals surface area contributed by atoms with E-state index >= 15 is 0 Å². The summed E-state index contributed by atoms with van der Waals surface area (Å²) in [6.45, 7) is 4.64. The fraction of sp³-hybridized carbons (Fsp3) is 0.917. The molecule has 0 aromatic rings. The van der Waals surface area contributed by atoms with Gasteiger partial charge < -0.3 is 25.0 Å². The van der Waals surface area contributed by atoms with Gasteiger partial charge in [-0.05, 0) is 13.3 Å². The quantitative estimate of drug-likeness (QED) is 0.657. The highest BCUT2D eigenvalue weighted by molar-refractivity contribution is 8.14. The second kappa shape index (κ2) is 5.97. The van der Waals surface area contributed by atoms with E-state index in [-0.39, 0.29) is 5.44 Å². The van der Waals surface area contributed by atoms with Crippen LogP contribution in [-0.4, -0.2) is 74.9 Å². The van der Waals surface area contributed by atoms with Crippen LogP contribution in [0.2, 0.25) is 0 Å². The monoisotopic (exact) mass is 290 g/mol. The van der Waals surface area contributed by atoms with Crippen LogP contribution in [-0.2, 0) is 4.74 Å². The smallest absolute Gasteiger partial charge is 0.162 e. The first-order chi connectivity index (χ1) is 8.99. The number of aliphatic hydroxyl groups excluding tert-OH is 3. The first kappa shape index (κ1) is 15.1. The van der Waals surface area contributed by atoms with Gasteiger partial charge in [0.05, 0.1) is 6.10 Å². The zero-order chi connectivity index (χ0) is 14.2. The normalized spacial score (nSPS) is 39.7. The molecular formula is C12H22N2O4S. The fourth-order valence-corrected chi connectivity index (χ4v) is 3.49. The summed E-state index contributed by atoms with van der Waals surface area (Å²) in [7, 11) is 1.92. The highest BCUT2D eigenvalue weighted by Gasteiger charge is 2.50. The van der Waals surface area contributed by atoms with E-state index in [1.165, 1.54) is 11.8 Å². The lowest BCUT2D eigenvalue weighted by Gasteiger charge is -2.40. The number of hydrogen-bond donors (Lipinski definition) is 3. The SMILES string of the molecule is CC[C@@H](O)[C@H]1O[C@@H]2SC(N(C)CC)=N[C@@H]2[C@@H](O)[C@@H]1O. The number of amidine groups is 1. The maximum absolute atomic E-state index is 10.2. The summed E-state index contributed by atoms with van der Waals surface area (Å²) < 4.78 is 5.73. The third-order valence-electron chi connectivity index (χ3n) is 3.69. The number of aliphatic imine (C=N–C) groups is 1. The Morgan fingerprint density at radius 3 is 2.63 bits per heavy atom. The molecule has 110 valence electrons. The summed E-state index contributed by atoms with van der Waals surface area (Å²) in [6, 6.07) is -0.468. The van der Waals surface area contributed by atoms with Crippen molar-refractivity contribution < 1.29 is 20.1 Å². The molecule has 1 saturated heterocycles. The Bertz CT molecular complexity index is 355. The molecule has 0 aliphatic carbocycles. The standard InChI is InChI=1S/C12H22N2O4S/c1-4-6(15)10-9(17)8(16)7-11(18-10)19-12(13-7)14(3)5-2/h6-11,15-17H,4-5H2,1-3H3/t6-,7-,8-,9+,10-,11-/m1/s1. The summed E-state index contributed by atoms with van der Waals surface area (Å²) in [6.07, 6.45) is -3.17. The van der Waals surface area contributed by atoms with E-state index in [0.29, 0.717) is 6.42 Å². The van der Waals surface area contributed by atoms with E-state index in [1.807, 2.05) is 25.8 Å². The second-order valence-electron chi connectivity index (χ2n) is 4.96. The second-order valence-corrected chi connectivity index (χ2v) is 6.03. The Hall–Kier alpha value is -0.340. The van der Waals surface area contributed by atoms with Crippen LogP contribution in [0.1, 0.15) is 20.3 Å². The van der Waals surface area contributed by atoms with Gasteiger partial charge in [-0.25, -0.2) is 0 Å². The van der Waals surface area contributed by atoms with Gasteiger partial charge in [0.2, 0.25) is 0 Å². The first-order valence-corrected chi connectivity index (χ1v) is 7.52. The average Bonchev–Trinajstić information content (AvgIpc) is 2.85. The van der Waals surface area contributed by atoms with Crippen LogP contribution in [0.5, 0.6) is 0 Å². The van der Waals surface area contributed by atoms with Crippen molar-refractivity contribution in [3.05, 3.63) is 0 Å². The Labute approximate surface area is 117 Å². The van der Waals surface area contributed by atoms with E-state index in [2.05, 4.69) is 4.99 Å². The van der Waals surface area contributed by atoms with Crippen LogP contribution in [0, 0.1) is 0 Å². The average molecular weight is 290 g/mol. The predicted molar refractivity (Wildman–Crippen MR) is 74.1 cm³/mol. The largest absolute Gasteiger partial charge is 0.390 e. The predicted octanol–water partition coefficient (Wildman–Crippen LogP) is -0.373. The summed E-state index contributed by atoms with van der Waals surface area (Å²) >= 11 is 1.44. The number of aliphatic hydroxyl groups is 3. The molecule has 19 heavy (non-hydrogen) atoms. The number of rotatable bonds is 3. The number of ether oxygens (including phenoxy) is 1. The van der Waals surface area contributed by atoms with E-state index < -0.39 is 30.5 Å². The van der Waals surface area contributed by atoms with Crippen molar-refractivity contribution >= 4 is 16.9 Å². The highest BCUT2D eigenvalue weighted by Crippen LogP contribution is 2.38. The van der Waals surface area contributed by atoms with E-state index in [1.54, 1.807) is 0 Å². The van der Waals surface area contributed by atoms with Gasteiger partial charge in [-0.2, -0.15) is 0 Å². The molecule has 6 atom stereocenters. The van der Waals surface area contributed by atoms with Gasteiger partial charge in [0.15, 0.2) is 5.17 Å². The Morgan fingerprint density at radius 2 is 2.05 bits per heavy atom. The molecular weight excluding hydrogens is 268 g/mol. The topological polar surface area (TPSA) is 85.5 Å². The minimum atomic E-state index is -1.10. The number of thioether (sulfide) groups is 1. The Morgan fingerprint density at radius 1 is 1.37 bits per heavy atom. The molecule has 1 fully saturated rings. The fourth-order valence-electron chi connectivity index (χ4n) is 2.24. The molecule has 2 rings (SSSR count). The molecule has 0 radical (unpaired) electrons. The van der Waals surface area contributed by atoms with Gasteiger partial charge in [0.25, 0.3) is 0 Å². The van der Waals surface area contributed by atoms with Gasteiger partial charge >= 0.3 is 0 Å². The molecule has 7 heteroatoms. The van der Waals surface area contributed by atoms with E-state index in [0.717, 1.165) is 11.7 Å². The van der Waals surface area contributed by atoms with Gasteiger partial charge in [-0.3, -0.25) is 4.99 Å². The molecule has 0 amide bonds. The van der Waals surface area contributed by atoms with Crippen LogP contribution in [0.15, 0.2) is 4.99 Å². The van der Waals surface area contributed by atoms with Crippen molar-refractivity contribution in [1.82, 2.24) is 4.90 Å². The van der Waals surface area contributed by atoms with Crippen LogP contribution in [0.3, 0.4) is 0 Å². The third-order valence-corrected chi connectivity index (χ3v) is 4.94. The van der Waals surface area contributed by atoms with Crippen LogP contribution < -0.4 is 0 Å². The maximum Gasteiger partial charge on any atom is 0.162 e. The molecule has 0 unspecified atom stereocenters. The molecule has 2 heterocycles. The van der Waals surface area contributed by atoms with E-state index in [4.69, 9.17) is 4.74 Å². The lowest BCUT2D eigenvalue weighted by atomic mass is 9.94. The summed E-state index contributed by atoms with van der Waals surface area (Å²) in [5, 5.41) is 30.9. The Balaban J connectivity index is 2.12. The lowest BCUT2D eigenvalue weighted by molar-refractivity contribution is -0.185. The van der Waals surface area contributed by atoms with Crippen molar-refractivity contribution in [1.29, 1.82) is 0 Å². The Kier molecular flexibility index (Phi) is 4.73. The number of hydrogen-bond acceptors (Lipinski definition) is 7. The molecule has 0 bridgehead atoms. The lowest BCUT2D eigenvalue weighted by Crippen LogP contribution is -2.58. The molecule has 0 saturated carbocycles. The molecule has 2 aliphatic heterocycles. The number of nitrogens with zero attached hydrogens (tertiary/aromatic N) is 2. The molecule has 2 aliphatic rings. The van der Waals surface area contributed by atoms with Crippen molar-refractivity contribution in [2.24, 2.45) is 4.99 Å². The van der Waals surface area contributed by atoms with Crippen molar-refractivity contribution in [3.8, 4) is 0 Å². The molecule has 6 nitrogen and oxygen atoms in total. The van der Waals surface area contributed by atoms with Gasteiger partial charge in [0.1, 0.15) is 29.8 Å². The summed E-state index contributed by atoms with van der Waals surface area (Å²) in [5.74, 6) is 0. The molecule has 0 aromatic carbocycles. The van der Waals surface area contributed by atoms with Gasteiger partial charge in [-0.1, -0.05) is 18.7 Å². The molecule has 0 spiro atoms. The minimum Gasteiger partial charge on any atom is -0.390 e. The van der Waals surface area contributed by atoms with Crippen LogP contribution in [0.25, 0.3) is 0 Å². The molecule has 3 N–H and O–H groups in total. The third kappa shape index (κ3) is 2.75. The number of fused-ring (bicyclic) bond motifs is 1. The van der Waals surface area contributed by atoms with Gasteiger partial charge in [0, 0.05) is 13.6 Å². The van der Waals surface area contributed by atoms with E-state index in [9.17, 15) is 15.3 Å². The van der Waals surface area contributed by atoms with Crippen LogP contribution >= 0.6 is 11.8 Å². The highest BCUT2D eigenvalue weighted by atomic mass is 32.2. The van der Waals surface area contributed by atoms with Crippen molar-refractivity contribution in [2.45, 2.75) is 56.2 Å². The van der Waals surface area contributed by atoms with Crippen LogP contribution in [0.4, 0.5) is 0 Å². The minimum absolute atomic E-state index is 0.339. The van der Waals surface area contributed by atoms with Crippen molar-refractivity contribution in [2.75, 3.05) is 13.6 Å². The zero-order valence-electron chi connectivity index (χ0n) is 11.4. The summed E-state index contributed by atoms with van der Waals surface area (Å²) in [5.41, 5.74) is -0.339. The summed E-state index contributed by atoms with van der Waals surface area (Å²) in [4.78, 5) is 6.39. The molecule has 0 aromatic heterocycles. The van der Waals surface area contributed by atoms with Gasteiger partial charge in [-0.15, -0.1) is 0 Å². The van der Waals surface area contributed by atoms with Crippen molar-refractivity contribution in [3.63, 3.8) is 0 Å².